The molecule has 0 aliphatic carbocycles. The monoisotopic (exact) mass is 380 g/mol. The molecule has 1 aliphatic heterocycles. The van der Waals surface area contributed by atoms with Crippen LogP contribution in [-0.2, 0) is 14.8 Å². The Bertz CT molecular complexity index is 904. The van der Waals surface area contributed by atoms with Crippen molar-refractivity contribution < 1.29 is 22.0 Å². The van der Waals surface area contributed by atoms with Crippen LogP contribution in [0.15, 0.2) is 53.4 Å². The summed E-state index contributed by atoms with van der Waals surface area (Å²) in [6.45, 7) is 0.315. The van der Waals surface area contributed by atoms with Gasteiger partial charge in [-0.3, -0.25) is 4.79 Å². The fraction of sp³-hybridized carbons (Fsp3) is 0.278. The largest absolute Gasteiger partial charge is 0.323 e. The van der Waals surface area contributed by atoms with Gasteiger partial charge in [-0.1, -0.05) is 18.2 Å². The second-order valence-corrected chi connectivity index (χ2v) is 8.07. The minimum atomic E-state index is -3.70. The van der Waals surface area contributed by atoms with Crippen LogP contribution in [0.2, 0.25) is 0 Å². The molecule has 0 aromatic heterocycles. The molecule has 0 radical (unpaired) electrons. The zero-order chi connectivity index (χ0) is 18.7. The first kappa shape index (κ1) is 18.5. The number of halogens is 2. The van der Waals surface area contributed by atoms with E-state index in [1.54, 1.807) is 18.2 Å². The predicted molar refractivity (Wildman–Crippen MR) is 92.9 cm³/mol. The number of nitrogens with zero attached hydrogens (tertiary/aromatic N) is 1. The molecule has 1 aliphatic rings. The molecule has 0 bridgehead atoms. The highest BCUT2D eigenvalue weighted by molar-refractivity contribution is 7.89. The second-order valence-electron chi connectivity index (χ2n) is 6.13. The number of piperidine rings is 1. The molecule has 1 N–H and O–H groups in total. The Kier molecular flexibility index (Phi) is 5.33. The predicted octanol–water partition coefficient (Wildman–Crippen LogP) is 3.00. The second kappa shape index (κ2) is 7.51. The van der Waals surface area contributed by atoms with Crippen molar-refractivity contribution in [2.45, 2.75) is 17.7 Å². The Labute approximate surface area is 150 Å². The van der Waals surface area contributed by atoms with E-state index in [4.69, 9.17) is 0 Å². The SMILES string of the molecule is O=C(Nc1cc(F)ccc1F)[C@@H]1CCCN(S(=O)(=O)c2ccccc2)C1. The summed E-state index contributed by atoms with van der Waals surface area (Å²) >= 11 is 0. The summed E-state index contributed by atoms with van der Waals surface area (Å²) in [6.07, 6.45) is 0.985. The fourth-order valence-corrected chi connectivity index (χ4v) is 4.49. The molecule has 1 amide bonds. The van der Waals surface area contributed by atoms with Crippen LogP contribution in [0.1, 0.15) is 12.8 Å². The molecule has 3 rings (SSSR count). The van der Waals surface area contributed by atoms with E-state index in [2.05, 4.69) is 5.32 Å². The highest BCUT2D eigenvalue weighted by Gasteiger charge is 2.33. The maximum absolute atomic E-state index is 13.7. The third kappa shape index (κ3) is 3.91. The van der Waals surface area contributed by atoms with E-state index in [9.17, 15) is 22.0 Å². The van der Waals surface area contributed by atoms with E-state index in [0.717, 1.165) is 18.2 Å². The van der Waals surface area contributed by atoms with E-state index in [1.807, 2.05) is 0 Å². The van der Waals surface area contributed by atoms with Gasteiger partial charge < -0.3 is 5.32 Å². The average Bonchev–Trinajstić information content (AvgIpc) is 2.65. The summed E-state index contributed by atoms with van der Waals surface area (Å²) in [7, 11) is -3.70. The lowest BCUT2D eigenvalue weighted by atomic mass is 9.98. The third-order valence-electron chi connectivity index (χ3n) is 4.32. The first-order chi connectivity index (χ1) is 12.4. The zero-order valence-corrected chi connectivity index (χ0v) is 14.7. The summed E-state index contributed by atoms with van der Waals surface area (Å²) in [5.41, 5.74) is -0.252. The quantitative estimate of drug-likeness (QED) is 0.887. The summed E-state index contributed by atoms with van der Waals surface area (Å²) in [5.74, 6) is -2.57. The number of rotatable bonds is 4. The number of benzene rings is 2. The van der Waals surface area contributed by atoms with E-state index in [0.29, 0.717) is 19.4 Å². The number of nitrogens with one attached hydrogen (secondary N) is 1. The molecule has 0 spiro atoms. The van der Waals surface area contributed by atoms with E-state index in [-0.39, 0.29) is 17.1 Å². The lowest BCUT2D eigenvalue weighted by Crippen LogP contribution is -2.43. The van der Waals surface area contributed by atoms with Crippen molar-refractivity contribution in [1.29, 1.82) is 0 Å². The van der Waals surface area contributed by atoms with Gasteiger partial charge in [0, 0.05) is 19.2 Å². The van der Waals surface area contributed by atoms with Gasteiger partial charge >= 0.3 is 0 Å². The molecular weight excluding hydrogens is 362 g/mol. The van der Waals surface area contributed by atoms with Gasteiger partial charge in [-0.15, -0.1) is 0 Å². The molecule has 1 heterocycles. The summed E-state index contributed by atoms with van der Waals surface area (Å²) in [6, 6.07) is 10.8. The van der Waals surface area contributed by atoms with Gasteiger partial charge in [0.05, 0.1) is 16.5 Å². The van der Waals surface area contributed by atoms with E-state index >= 15 is 0 Å². The lowest BCUT2D eigenvalue weighted by Gasteiger charge is -2.31. The van der Waals surface area contributed by atoms with Crippen LogP contribution in [0.5, 0.6) is 0 Å². The summed E-state index contributed by atoms with van der Waals surface area (Å²) in [4.78, 5) is 12.6. The zero-order valence-electron chi connectivity index (χ0n) is 13.9. The molecule has 1 saturated heterocycles. The third-order valence-corrected chi connectivity index (χ3v) is 6.20. The van der Waals surface area contributed by atoms with Crippen molar-refractivity contribution >= 4 is 21.6 Å². The number of carbonyl (C=O) groups is 1. The van der Waals surface area contributed by atoms with Crippen LogP contribution in [0.3, 0.4) is 0 Å². The molecule has 0 saturated carbocycles. The van der Waals surface area contributed by atoms with Gasteiger partial charge in [0.15, 0.2) is 0 Å². The number of amides is 1. The highest BCUT2D eigenvalue weighted by atomic mass is 32.2. The average molecular weight is 380 g/mol. The van der Waals surface area contributed by atoms with Crippen molar-refractivity contribution in [3.05, 3.63) is 60.2 Å². The summed E-state index contributed by atoms with van der Waals surface area (Å²) < 4.78 is 53.6. The van der Waals surface area contributed by atoms with Gasteiger partial charge in [-0.2, -0.15) is 4.31 Å². The Balaban J connectivity index is 1.74. The van der Waals surface area contributed by atoms with Crippen LogP contribution < -0.4 is 5.32 Å². The molecule has 2 aromatic rings. The fourth-order valence-electron chi connectivity index (χ4n) is 2.94. The van der Waals surface area contributed by atoms with Gasteiger partial charge in [0.25, 0.3) is 0 Å². The Morgan fingerprint density at radius 1 is 1.12 bits per heavy atom. The smallest absolute Gasteiger partial charge is 0.243 e. The van der Waals surface area contributed by atoms with Crippen LogP contribution >= 0.6 is 0 Å². The molecule has 5 nitrogen and oxygen atoms in total. The molecule has 138 valence electrons. The molecule has 8 heteroatoms. The normalized spacial score (nSPS) is 18.5. The van der Waals surface area contributed by atoms with Gasteiger partial charge in [-0.05, 0) is 37.1 Å². The Morgan fingerprint density at radius 2 is 1.85 bits per heavy atom. The number of carbonyl (C=O) groups excluding carboxylic acids is 1. The van der Waals surface area contributed by atoms with E-state index in [1.165, 1.54) is 16.4 Å². The van der Waals surface area contributed by atoms with Crippen LogP contribution in [0.25, 0.3) is 0 Å². The van der Waals surface area contributed by atoms with Crippen molar-refractivity contribution in [3.8, 4) is 0 Å². The maximum Gasteiger partial charge on any atom is 0.243 e. The number of hydrogen-bond acceptors (Lipinski definition) is 3. The van der Waals surface area contributed by atoms with Gasteiger partial charge in [0.2, 0.25) is 15.9 Å². The molecule has 0 unspecified atom stereocenters. The van der Waals surface area contributed by atoms with Crippen molar-refractivity contribution in [1.82, 2.24) is 4.31 Å². The minimum absolute atomic E-state index is 0.00000425. The van der Waals surface area contributed by atoms with Crippen molar-refractivity contribution in [3.63, 3.8) is 0 Å². The summed E-state index contributed by atoms with van der Waals surface area (Å²) in [5, 5.41) is 2.36. The Hall–Kier alpha value is -2.32. The number of sulfonamides is 1. The Morgan fingerprint density at radius 3 is 2.58 bits per heavy atom. The van der Waals surface area contributed by atoms with Gasteiger partial charge in [-0.25, -0.2) is 17.2 Å². The van der Waals surface area contributed by atoms with Crippen LogP contribution in [0, 0.1) is 17.6 Å². The maximum atomic E-state index is 13.7. The number of anilines is 1. The molecule has 26 heavy (non-hydrogen) atoms. The topological polar surface area (TPSA) is 66.5 Å². The van der Waals surface area contributed by atoms with E-state index < -0.39 is 33.5 Å². The molecule has 1 fully saturated rings. The lowest BCUT2D eigenvalue weighted by molar-refractivity contribution is -0.120. The molecule has 2 aromatic carbocycles. The van der Waals surface area contributed by atoms with Crippen LogP contribution in [0.4, 0.5) is 14.5 Å². The first-order valence-electron chi connectivity index (χ1n) is 8.19. The van der Waals surface area contributed by atoms with Crippen LogP contribution in [-0.4, -0.2) is 31.7 Å². The molecule has 1 atom stereocenters. The van der Waals surface area contributed by atoms with Gasteiger partial charge in [0.1, 0.15) is 11.6 Å². The molecular formula is C18H18F2N2O3S. The standard InChI is InChI=1S/C18H18F2N2O3S/c19-14-8-9-16(20)17(11-14)21-18(23)13-5-4-10-22(12-13)26(24,25)15-6-2-1-3-7-15/h1-3,6-9,11,13H,4-5,10,12H2,(H,21,23)/t13-/m1/s1. The van der Waals surface area contributed by atoms with Crippen molar-refractivity contribution in [2.75, 3.05) is 18.4 Å². The first-order valence-corrected chi connectivity index (χ1v) is 9.63. The highest BCUT2D eigenvalue weighted by Crippen LogP contribution is 2.25. The number of hydrogen-bond donors (Lipinski definition) is 1. The van der Waals surface area contributed by atoms with Crippen molar-refractivity contribution in [2.24, 2.45) is 5.92 Å². The minimum Gasteiger partial charge on any atom is -0.323 e.